The molecular weight excluding hydrogens is 312 g/mol. The second-order valence-corrected chi connectivity index (χ2v) is 6.92. The molecule has 0 spiro atoms. The zero-order valence-electron chi connectivity index (χ0n) is 15.0. The molecule has 132 valence electrons. The Morgan fingerprint density at radius 3 is 2.24 bits per heavy atom. The van der Waals surface area contributed by atoms with Gasteiger partial charge in [-0.25, -0.2) is 0 Å². The molecule has 4 nitrogen and oxygen atoms in total. The molecule has 0 unspecified atom stereocenters. The summed E-state index contributed by atoms with van der Waals surface area (Å²) in [5, 5.41) is 0. The van der Waals surface area contributed by atoms with Gasteiger partial charge in [-0.15, -0.1) is 0 Å². The van der Waals surface area contributed by atoms with Crippen LogP contribution in [0.3, 0.4) is 0 Å². The number of morpholine rings is 1. The van der Waals surface area contributed by atoms with Crippen LogP contribution in [0.2, 0.25) is 0 Å². The third kappa shape index (κ3) is 3.30. The second kappa shape index (κ2) is 7.16. The minimum atomic E-state index is -0.000977. The van der Waals surface area contributed by atoms with Crippen LogP contribution in [0.4, 0.5) is 5.69 Å². The van der Waals surface area contributed by atoms with Gasteiger partial charge in [0.15, 0.2) is 0 Å². The van der Waals surface area contributed by atoms with E-state index in [-0.39, 0.29) is 12.3 Å². The summed E-state index contributed by atoms with van der Waals surface area (Å²) < 4.78 is 11.9. The molecule has 0 N–H and O–H groups in total. The zero-order chi connectivity index (χ0) is 17.2. The van der Waals surface area contributed by atoms with Crippen molar-refractivity contribution in [3.05, 3.63) is 65.7 Å². The molecule has 2 aliphatic heterocycles. The van der Waals surface area contributed by atoms with Gasteiger partial charge >= 0.3 is 0 Å². The summed E-state index contributed by atoms with van der Waals surface area (Å²) in [6.45, 7) is 5.79. The predicted octanol–water partition coefficient (Wildman–Crippen LogP) is 3.61. The zero-order valence-corrected chi connectivity index (χ0v) is 15.0. The number of rotatable bonds is 3. The van der Waals surface area contributed by atoms with Crippen molar-refractivity contribution in [2.24, 2.45) is 0 Å². The fourth-order valence-corrected chi connectivity index (χ4v) is 3.76. The van der Waals surface area contributed by atoms with Gasteiger partial charge in [-0.05, 0) is 37.2 Å². The number of likely N-dealkylation sites (N-methyl/N-ethyl adjacent to an activating group) is 1. The van der Waals surface area contributed by atoms with Crippen molar-refractivity contribution in [2.75, 3.05) is 38.3 Å². The van der Waals surface area contributed by atoms with Crippen LogP contribution >= 0.6 is 0 Å². The van der Waals surface area contributed by atoms with Gasteiger partial charge < -0.3 is 14.4 Å². The monoisotopic (exact) mass is 338 g/mol. The van der Waals surface area contributed by atoms with Crippen LogP contribution in [0.5, 0.6) is 0 Å². The lowest BCUT2D eigenvalue weighted by molar-refractivity contribution is 0.00560. The SMILES string of the molecule is C[C@H]1[C@H](c2ccccc2)O[C@H](c2ccc(N3CCOCC3)cc2)N1C. The van der Waals surface area contributed by atoms with E-state index in [9.17, 15) is 0 Å². The summed E-state index contributed by atoms with van der Waals surface area (Å²) >= 11 is 0. The largest absolute Gasteiger partial charge is 0.378 e. The van der Waals surface area contributed by atoms with Gasteiger partial charge in [0.2, 0.25) is 0 Å². The Morgan fingerprint density at radius 1 is 0.880 bits per heavy atom. The summed E-state index contributed by atoms with van der Waals surface area (Å²) in [5.41, 5.74) is 3.72. The van der Waals surface area contributed by atoms with E-state index in [1.165, 1.54) is 16.8 Å². The maximum Gasteiger partial charge on any atom is 0.137 e. The molecular formula is C21H26N2O2. The summed E-state index contributed by atoms with van der Waals surface area (Å²) in [6, 6.07) is 19.7. The van der Waals surface area contributed by atoms with Crippen LogP contribution in [-0.4, -0.2) is 44.3 Å². The van der Waals surface area contributed by atoms with Gasteiger partial charge in [-0.1, -0.05) is 42.5 Å². The average Bonchev–Trinajstić information content (AvgIpc) is 2.98. The van der Waals surface area contributed by atoms with Crippen molar-refractivity contribution in [1.82, 2.24) is 4.90 Å². The highest BCUT2D eigenvalue weighted by molar-refractivity contribution is 5.48. The lowest BCUT2D eigenvalue weighted by Crippen LogP contribution is -2.36. The van der Waals surface area contributed by atoms with Crippen molar-refractivity contribution in [1.29, 1.82) is 0 Å². The molecule has 2 aromatic carbocycles. The highest BCUT2D eigenvalue weighted by Crippen LogP contribution is 2.41. The molecule has 0 aliphatic carbocycles. The quantitative estimate of drug-likeness (QED) is 0.853. The topological polar surface area (TPSA) is 24.9 Å². The number of benzene rings is 2. The molecule has 2 saturated heterocycles. The number of hydrogen-bond donors (Lipinski definition) is 0. The van der Waals surface area contributed by atoms with Crippen LogP contribution in [0, 0.1) is 0 Å². The minimum absolute atomic E-state index is 0.000977. The summed E-state index contributed by atoms with van der Waals surface area (Å²) in [4.78, 5) is 4.70. The summed E-state index contributed by atoms with van der Waals surface area (Å²) in [6.07, 6.45) is 0.106. The normalized spacial score (nSPS) is 27.6. The first-order valence-corrected chi connectivity index (χ1v) is 9.09. The van der Waals surface area contributed by atoms with Crippen molar-refractivity contribution >= 4 is 5.69 Å². The van der Waals surface area contributed by atoms with Crippen LogP contribution < -0.4 is 4.90 Å². The number of ether oxygens (including phenoxy) is 2. The lowest BCUT2D eigenvalue weighted by Gasteiger charge is -2.29. The van der Waals surface area contributed by atoms with Gasteiger partial charge in [0.25, 0.3) is 0 Å². The van der Waals surface area contributed by atoms with Crippen molar-refractivity contribution in [3.63, 3.8) is 0 Å². The molecule has 0 saturated carbocycles. The molecule has 2 aliphatic rings. The molecule has 0 radical (unpaired) electrons. The molecule has 4 rings (SSSR count). The first-order chi connectivity index (χ1) is 12.2. The van der Waals surface area contributed by atoms with E-state index < -0.39 is 0 Å². The van der Waals surface area contributed by atoms with Crippen LogP contribution in [0.15, 0.2) is 54.6 Å². The first kappa shape index (κ1) is 16.6. The smallest absolute Gasteiger partial charge is 0.137 e. The van der Waals surface area contributed by atoms with Gasteiger partial charge in [0, 0.05) is 24.8 Å². The van der Waals surface area contributed by atoms with E-state index in [4.69, 9.17) is 9.47 Å². The summed E-state index contributed by atoms with van der Waals surface area (Å²) in [5.74, 6) is 0. The Balaban J connectivity index is 1.51. The van der Waals surface area contributed by atoms with Crippen molar-refractivity contribution < 1.29 is 9.47 Å². The maximum absolute atomic E-state index is 6.44. The Hall–Kier alpha value is -1.88. The molecule has 3 atom stereocenters. The molecule has 2 fully saturated rings. The molecule has 25 heavy (non-hydrogen) atoms. The van der Waals surface area contributed by atoms with E-state index in [0.717, 1.165) is 26.3 Å². The Kier molecular flexibility index (Phi) is 4.75. The standard InChI is InChI=1S/C21H26N2O2/c1-16-20(17-6-4-3-5-7-17)25-21(22(16)2)18-8-10-19(11-9-18)23-12-14-24-15-13-23/h3-11,16,20-21H,12-15H2,1-2H3/t16-,20+,21+/m0/s1. The van der Waals surface area contributed by atoms with Crippen LogP contribution in [0.25, 0.3) is 0 Å². The average molecular weight is 338 g/mol. The number of nitrogens with zero attached hydrogens (tertiary/aromatic N) is 2. The third-order valence-electron chi connectivity index (χ3n) is 5.41. The van der Waals surface area contributed by atoms with Gasteiger partial charge in [0.1, 0.15) is 12.3 Å². The fourth-order valence-electron chi connectivity index (χ4n) is 3.76. The maximum atomic E-state index is 6.44. The summed E-state index contributed by atoms with van der Waals surface area (Å²) in [7, 11) is 2.15. The molecule has 2 heterocycles. The lowest BCUT2D eigenvalue weighted by atomic mass is 10.0. The molecule has 4 heteroatoms. The molecule has 0 aromatic heterocycles. The third-order valence-corrected chi connectivity index (χ3v) is 5.41. The Morgan fingerprint density at radius 2 is 1.56 bits per heavy atom. The van der Waals surface area contributed by atoms with E-state index in [0.29, 0.717) is 6.04 Å². The van der Waals surface area contributed by atoms with Crippen LogP contribution in [-0.2, 0) is 9.47 Å². The highest BCUT2D eigenvalue weighted by Gasteiger charge is 2.38. The predicted molar refractivity (Wildman–Crippen MR) is 99.7 cm³/mol. The first-order valence-electron chi connectivity index (χ1n) is 9.09. The van der Waals surface area contributed by atoms with E-state index >= 15 is 0 Å². The number of anilines is 1. The minimum Gasteiger partial charge on any atom is -0.378 e. The second-order valence-electron chi connectivity index (χ2n) is 6.92. The Bertz CT molecular complexity index is 683. The molecule has 0 bridgehead atoms. The fraction of sp³-hybridized carbons (Fsp3) is 0.429. The van der Waals surface area contributed by atoms with Crippen LogP contribution in [0.1, 0.15) is 30.4 Å². The highest BCUT2D eigenvalue weighted by atomic mass is 16.5. The Labute approximate surface area is 150 Å². The number of hydrogen-bond acceptors (Lipinski definition) is 4. The van der Waals surface area contributed by atoms with Gasteiger partial charge in [-0.2, -0.15) is 0 Å². The van der Waals surface area contributed by atoms with Gasteiger partial charge in [-0.3, -0.25) is 4.90 Å². The molecule has 2 aromatic rings. The van der Waals surface area contributed by atoms with E-state index in [1.54, 1.807) is 0 Å². The van der Waals surface area contributed by atoms with E-state index in [1.807, 2.05) is 0 Å². The molecule has 0 amide bonds. The van der Waals surface area contributed by atoms with Crippen molar-refractivity contribution in [3.8, 4) is 0 Å². The van der Waals surface area contributed by atoms with Crippen molar-refractivity contribution in [2.45, 2.75) is 25.3 Å². The van der Waals surface area contributed by atoms with E-state index in [2.05, 4.69) is 78.4 Å². The van der Waals surface area contributed by atoms with Gasteiger partial charge in [0.05, 0.1) is 13.2 Å².